The zero-order valence-electron chi connectivity index (χ0n) is 10.6. The Morgan fingerprint density at radius 3 is 2.56 bits per heavy atom. The number of rotatable bonds is 3. The first-order valence-electron chi connectivity index (χ1n) is 6.24. The molecule has 1 fully saturated rings. The van der Waals surface area contributed by atoms with Crippen LogP contribution in [0.1, 0.15) is 18.4 Å². The number of halogens is 1. The van der Waals surface area contributed by atoms with Crippen molar-refractivity contribution in [2.75, 3.05) is 20.3 Å². The summed E-state index contributed by atoms with van der Waals surface area (Å²) in [4.78, 5) is 14.0. The fraction of sp³-hybridized carbons (Fsp3) is 0.500. The SMILES string of the molecule is CN(Cc1ccc(Cl)cc1)C(=O)C1CCOCC1. The molecule has 0 bridgehead atoms. The first-order valence-corrected chi connectivity index (χ1v) is 6.62. The summed E-state index contributed by atoms with van der Waals surface area (Å²) in [6.07, 6.45) is 1.67. The molecule has 1 saturated heterocycles. The third-order valence-corrected chi connectivity index (χ3v) is 3.53. The summed E-state index contributed by atoms with van der Waals surface area (Å²) in [5.74, 6) is 0.337. The van der Waals surface area contributed by atoms with E-state index in [1.54, 1.807) is 4.90 Å². The first-order chi connectivity index (χ1) is 8.66. The highest BCUT2D eigenvalue weighted by molar-refractivity contribution is 6.30. The maximum absolute atomic E-state index is 12.2. The molecule has 0 unspecified atom stereocenters. The summed E-state index contributed by atoms with van der Waals surface area (Å²) in [7, 11) is 1.85. The smallest absolute Gasteiger partial charge is 0.225 e. The fourth-order valence-electron chi connectivity index (χ4n) is 2.20. The molecule has 1 aromatic carbocycles. The predicted molar refractivity (Wildman–Crippen MR) is 71.5 cm³/mol. The monoisotopic (exact) mass is 267 g/mol. The lowest BCUT2D eigenvalue weighted by Crippen LogP contribution is -2.35. The van der Waals surface area contributed by atoms with Gasteiger partial charge in [0.2, 0.25) is 5.91 Å². The zero-order valence-corrected chi connectivity index (χ0v) is 11.3. The summed E-state index contributed by atoms with van der Waals surface area (Å²) < 4.78 is 5.28. The molecule has 0 saturated carbocycles. The van der Waals surface area contributed by atoms with Crippen molar-refractivity contribution in [1.82, 2.24) is 4.90 Å². The number of benzene rings is 1. The number of hydrogen-bond acceptors (Lipinski definition) is 2. The molecule has 1 heterocycles. The van der Waals surface area contributed by atoms with Crippen molar-refractivity contribution in [3.05, 3.63) is 34.9 Å². The van der Waals surface area contributed by atoms with Gasteiger partial charge in [0.25, 0.3) is 0 Å². The third-order valence-electron chi connectivity index (χ3n) is 3.28. The summed E-state index contributed by atoms with van der Waals surface area (Å²) in [5.41, 5.74) is 1.10. The molecule has 2 rings (SSSR count). The van der Waals surface area contributed by atoms with Gasteiger partial charge in [0, 0.05) is 37.7 Å². The van der Waals surface area contributed by atoms with Crippen LogP contribution in [0.3, 0.4) is 0 Å². The standard InChI is InChI=1S/C14H18ClNO2/c1-16(10-11-2-4-13(15)5-3-11)14(17)12-6-8-18-9-7-12/h2-5,12H,6-10H2,1H3. The number of amides is 1. The van der Waals surface area contributed by atoms with Crippen LogP contribution in [0, 0.1) is 5.92 Å². The van der Waals surface area contributed by atoms with Gasteiger partial charge in [-0.15, -0.1) is 0 Å². The second kappa shape index (κ2) is 6.21. The van der Waals surface area contributed by atoms with Crippen molar-refractivity contribution < 1.29 is 9.53 Å². The van der Waals surface area contributed by atoms with E-state index in [1.807, 2.05) is 31.3 Å². The summed E-state index contributed by atoms with van der Waals surface area (Å²) in [5, 5.41) is 0.720. The van der Waals surface area contributed by atoms with Gasteiger partial charge in [0.1, 0.15) is 0 Å². The van der Waals surface area contributed by atoms with E-state index in [0.717, 1.165) is 23.4 Å². The molecule has 0 N–H and O–H groups in total. The van der Waals surface area contributed by atoms with Crippen LogP contribution >= 0.6 is 11.6 Å². The van der Waals surface area contributed by atoms with Gasteiger partial charge in [-0.05, 0) is 30.5 Å². The molecule has 1 aliphatic heterocycles. The molecule has 3 nitrogen and oxygen atoms in total. The van der Waals surface area contributed by atoms with Crippen molar-refractivity contribution in [3.8, 4) is 0 Å². The summed E-state index contributed by atoms with van der Waals surface area (Å²) in [6, 6.07) is 7.61. The molecule has 0 radical (unpaired) electrons. The Kier molecular flexibility index (Phi) is 4.61. The first kappa shape index (κ1) is 13.4. The minimum absolute atomic E-state index is 0.121. The minimum atomic E-state index is 0.121. The summed E-state index contributed by atoms with van der Waals surface area (Å²) >= 11 is 5.84. The van der Waals surface area contributed by atoms with Gasteiger partial charge >= 0.3 is 0 Å². The van der Waals surface area contributed by atoms with Crippen LogP contribution in [0.5, 0.6) is 0 Å². The molecule has 18 heavy (non-hydrogen) atoms. The highest BCUT2D eigenvalue weighted by Crippen LogP contribution is 2.18. The maximum Gasteiger partial charge on any atom is 0.225 e. The van der Waals surface area contributed by atoms with Gasteiger partial charge in [-0.1, -0.05) is 23.7 Å². The molecule has 1 amide bonds. The van der Waals surface area contributed by atoms with Crippen LogP contribution in [-0.4, -0.2) is 31.1 Å². The number of carbonyl (C=O) groups excluding carboxylic acids is 1. The largest absolute Gasteiger partial charge is 0.381 e. The highest BCUT2D eigenvalue weighted by Gasteiger charge is 2.24. The third kappa shape index (κ3) is 3.47. The minimum Gasteiger partial charge on any atom is -0.381 e. The fourth-order valence-corrected chi connectivity index (χ4v) is 2.32. The number of ether oxygens (including phenoxy) is 1. The Morgan fingerprint density at radius 2 is 1.94 bits per heavy atom. The van der Waals surface area contributed by atoms with Crippen molar-refractivity contribution >= 4 is 17.5 Å². The molecule has 0 spiro atoms. The second-order valence-corrected chi connectivity index (χ2v) is 5.14. The van der Waals surface area contributed by atoms with E-state index in [0.29, 0.717) is 19.8 Å². The molecular formula is C14H18ClNO2. The van der Waals surface area contributed by atoms with Crippen molar-refractivity contribution in [2.24, 2.45) is 5.92 Å². The van der Waals surface area contributed by atoms with Crippen LogP contribution in [0.15, 0.2) is 24.3 Å². The van der Waals surface area contributed by atoms with Crippen LogP contribution in [0.2, 0.25) is 5.02 Å². The molecule has 0 atom stereocenters. The van der Waals surface area contributed by atoms with Gasteiger partial charge in [-0.3, -0.25) is 4.79 Å². The average Bonchev–Trinajstić information content (AvgIpc) is 2.41. The Bertz CT molecular complexity index is 399. The van der Waals surface area contributed by atoms with Crippen LogP contribution in [0.4, 0.5) is 0 Å². The van der Waals surface area contributed by atoms with Crippen molar-refractivity contribution in [1.29, 1.82) is 0 Å². The Labute approximate surface area is 113 Å². The number of hydrogen-bond donors (Lipinski definition) is 0. The molecule has 1 aliphatic rings. The molecule has 0 aliphatic carbocycles. The van der Waals surface area contributed by atoms with E-state index in [-0.39, 0.29) is 11.8 Å². The molecule has 98 valence electrons. The molecule has 4 heteroatoms. The van der Waals surface area contributed by atoms with E-state index in [2.05, 4.69) is 0 Å². The number of nitrogens with zero attached hydrogens (tertiary/aromatic N) is 1. The lowest BCUT2D eigenvalue weighted by molar-refractivity contribution is -0.137. The Morgan fingerprint density at radius 1 is 1.33 bits per heavy atom. The van der Waals surface area contributed by atoms with E-state index < -0.39 is 0 Å². The lowest BCUT2D eigenvalue weighted by atomic mass is 9.98. The van der Waals surface area contributed by atoms with E-state index in [1.165, 1.54) is 0 Å². The maximum atomic E-state index is 12.2. The molecule has 0 aromatic heterocycles. The number of carbonyl (C=O) groups is 1. The molecular weight excluding hydrogens is 250 g/mol. The van der Waals surface area contributed by atoms with Gasteiger partial charge in [-0.25, -0.2) is 0 Å². The second-order valence-electron chi connectivity index (χ2n) is 4.71. The highest BCUT2D eigenvalue weighted by atomic mass is 35.5. The summed E-state index contributed by atoms with van der Waals surface area (Å²) in [6.45, 7) is 2.03. The van der Waals surface area contributed by atoms with Crippen molar-refractivity contribution in [2.45, 2.75) is 19.4 Å². The van der Waals surface area contributed by atoms with Crippen LogP contribution < -0.4 is 0 Å². The predicted octanol–water partition coefficient (Wildman–Crippen LogP) is 2.73. The van der Waals surface area contributed by atoms with Gasteiger partial charge < -0.3 is 9.64 Å². The topological polar surface area (TPSA) is 29.5 Å². The van der Waals surface area contributed by atoms with Gasteiger partial charge in [0.15, 0.2) is 0 Å². The van der Waals surface area contributed by atoms with Gasteiger partial charge in [-0.2, -0.15) is 0 Å². The van der Waals surface area contributed by atoms with Crippen LogP contribution in [-0.2, 0) is 16.1 Å². The Hall–Kier alpha value is -1.06. The Balaban J connectivity index is 1.92. The van der Waals surface area contributed by atoms with E-state index in [4.69, 9.17) is 16.3 Å². The van der Waals surface area contributed by atoms with E-state index in [9.17, 15) is 4.79 Å². The lowest BCUT2D eigenvalue weighted by Gasteiger charge is -2.26. The quantitative estimate of drug-likeness (QED) is 0.843. The van der Waals surface area contributed by atoms with Gasteiger partial charge in [0.05, 0.1) is 0 Å². The zero-order chi connectivity index (χ0) is 13.0. The normalized spacial score (nSPS) is 16.6. The van der Waals surface area contributed by atoms with E-state index >= 15 is 0 Å². The van der Waals surface area contributed by atoms with Crippen molar-refractivity contribution in [3.63, 3.8) is 0 Å². The molecule has 1 aromatic rings. The van der Waals surface area contributed by atoms with Crippen LogP contribution in [0.25, 0.3) is 0 Å². The average molecular weight is 268 g/mol.